The first-order valence-electron chi connectivity index (χ1n) is 10.2. The van der Waals surface area contributed by atoms with Crippen molar-refractivity contribution in [3.63, 3.8) is 0 Å². The number of hydrogen-bond acceptors (Lipinski definition) is 3. The Morgan fingerprint density at radius 1 is 1.11 bits per heavy atom. The summed E-state index contributed by atoms with van der Waals surface area (Å²) in [5.41, 5.74) is 3.47. The van der Waals surface area contributed by atoms with Gasteiger partial charge in [0.25, 0.3) is 0 Å². The predicted octanol–water partition coefficient (Wildman–Crippen LogP) is 5.03. The molecule has 3 nitrogen and oxygen atoms in total. The monoisotopic (exact) mass is 379 g/mol. The van der Waals surface area contributed by atoms with Crippen molar-refractivity contribution in [1.29, 1.82) is 0 Å². The summed E-state index contributed by atoms with van der Waals surface area (Å²) in [5, 5.41) is 12.3. The molecule has 0 amide bonds. The highest BCUT2D eigenvalue weighted by atomic mass is 16.5. The first kappa shape index (κ1) is 20.6. The van der Waals surface area contributed by atoms with Gasteiger partial charge in [-0.05, 0) is 74.7 Å². The molecule has 2 atom stereocenters. The molecule has 1 fully saturated rings. The molecule has 2 aromatic carbocycles. The summed E-state index contributed by atoms with van der Waals surface area (Å²) in [5.74, 6) is 1.01. The lowest BCUT2D eigenvalue weighted by Crippen LogP contribution is -2.42. The van der Waals surface area contributed by atoms with E-state index in [1.807, 2.05) is 24.3 Å². The van der Waals surface area contributed by atoms with Crippen LogP contribution in [0.5, 0.6) is 5.75 Å². The molecule has 0 aliphatic heterocycles. The molecular weight excluding hydrogens is 346 g/mol. The third-order valence-electron chi connectivity index (χ3n) is 5.93. The molecule has 0 bridgehead atoms. The van der Waals surface area contributed by atoms with Gasteiger partial charge in [0.1, 0.15) is 11.4 Å². The topological polar surface area (TPSA) is 32.7 Å². The van der Waals surface area contributed by atoms with Crippen molar-refractivity contribution in [3.8, 4) is 5.75 Å². The lowest BCUT2D eigenvalue weighted by Gasteiger charge is -2.40. The van der Waals surface area contributed by atoms with Crippen LogP contribution in [0.25, 0.3) is 6.08 Å². The number of aliphatic hydroxyl groups is 1. The largest absolute Gasteiger partial charge is 0.497 e. The smallest absolute Gasteiger partial charge is 0.118 e. The van der Waals surface area contributed by atoms with Crippen LogP contribution < -0.4 is 4.74 Å². The van der Waals surface area contributed by atoms with E-state index in [4.69, 9.17) is 4.74 Å². The molecule has 0 spiro atoms. The van der Waals surface area contributed by atoms with Gasteiger partial charge >= 0.3 is 0 Å². The Morgan fingerprint density at radius 3 is 2.46 bits per heavy atom. The van der Waals surface area contributed by atoms with E-state index in [1.165, 1.54) is 0 Å². The summed E-state index contributed by atoms with van der Waals surface area (Å²) in [6.07, 6.45) is 6.40. The summed E-state index contributed by atoms with van der Waals surface area (Å²) in [6, 6.07) is 16.4. The molecule has 1 N–H and O–H groups in total. The minimum absolute atomic E-state index is 0.163. The Kier molecular flexibility index (Phi) is 6.58. The molecule has 0 aromatic heterocycles. The highest BCUT2D eigenvalue weighted by Crippen LogP contribution is 2.46. The Balaban J connectivity index is 2.13. The first-order chi connectivity index (χ1) is 13.4. The van der Waals surface area contributed by atoms with Crippen molar-refractivity contribution in [1.82, 2.24) is 4.90 Å². The lowest BCUT2D eigenvalue weighted by molar-refractivity contribution is -0.0000263. The maximum atomic E-state index is 12.3. The molecule has 0 heterocycles. The third-order valence-corrected chi connectivity index (χ3v) is 5.93. The SMILES string of the molecule is COc1ccc(/C=C2\CCCCC(CN(C)C)C2(O)c2ccccc2C)cc1. The van der Waals surface area contributed by atoms with Gasteiger partial charge in [-0.15, -0.1) is 0 Å². The first-order valence-corrected chi connectivity index (χ1v) is 10.2. The van der Waals surface area contributed by atoms with Crippen molar-refractivity contribution in [3.05, 3.63) is 70.8 Å². The summed E-state index contributed by atoms with van der Waals surface area (Å²) < 4.78 is 5.29. The minimum atomic E-state index is -0.952. The minimum Gasteiger partial charge on any atom is -0.497 e. The second kappa shape index (κ2) is 8.93. The number of methoxy groups -OCH3 is 1. The molecule has 3 heteroatoms. The highest BCUT2D eigenvalue weighted by molar-refractivity contribution is 5.58. The molecule has 1 aliphatic rings. The van der Waals surface area contributed by atoms with Crippen LogP contribution in [0.2, 0.25) is 0 Å². The maximum absolute atomic E-state index is 12.3. The van der Waals surface area contributed by atoms with Gasteiger partial charge in [-0.3, -0.25) is 0 Å². The normalized spacial score (nSPS) is 24.4. The summed E-state index contributed by atoms with van der Waals surface area (Å²) in [7, 11) is 5.87. The summed E-state index contributed by atoms with van der Waals surface area (Å²) in [6.45, 7) is 2.97. The van der Waals surface area contributed by atoms with Crippen LogP contribution in [0, 0.1) is 12.8 Å². The lowest BCUT2D eigenvalue weighted by atomic mass is 9.72. The molecule has 0 radical (unpaired) electrons. The van der Waals surface area contributed by atoms with Gasteiger partial charge in [-0.25, -0.2) is 0 Å². The summed E-state index contributed by atoms with van der Waals surface area (Å²) >= 11 is 0. The molecule has 28 heavy (non-hydrogen) atoms. The molecule has 1 saturated carbocycles. The van der Waals surface area contributed by atoms with Crippen molar-refractivity contribution in [2.75, 3.05) is 27.7 Å². The van der Waals surface area contributed by atoms with Gasteiger partial charge in [0.15, 0.2) is 0 Å². The molecular formula is C25H33NO2. The van der Waals surface area contributed by atoms with Gasteiger partial charge < -0.3 is 14.7 Å². The second-order valence-corrected chi connectivity index (χ2v) is 8.23. The summed E-state index contributed by atoms with van der Waals surface area (Å²) in [4.78, 5) is 2.20. The quantitative estimate of drug-likeness (QED) is 0.740. The highest BCUT2D eigenvalue weighted by Gasteiger charge is 2.43. The zero-order valence-corrected chi connectivity index (χ0v) is 17.6. The Bertz CT molecular complexity index is 810. The van der Waals surface area contributed by atoms with Crippen LogP contribution in [-0.2, 0) is 5.60 Å². The Hall–Kier alpha value is -2.10. The maximum Gasteiger partial charge on any atom is 0.118 e. The van der Waals surface area contributed by atoms with Crippen LogP contribution >= 0.6 is 0 Å². The van der Waals surface area contributed by atoms with E-state index in [0.29, 0.717) is 0 Å². The van der Waals surface area contributed by atoms with Crippen molar-refractivity contribution in [2.45, 2.75) is 38.2 Å². The van der Waals surface area contributed by atoms with E-state index in [2.05, 4.69) is 56.3 Å². The van der Waals surface area contributed by atoms with Crippen molar-refractivity contribution < 1.29 is 9.84 Å². The van der Waals surface area contributed by atoms with Crippen LogP contribution in [0.4, 0.5) is 0 Å². The number of rotatable bonds is 5. The molecule has 1 aliphatic carbocycles. The van der Waals surface area contributed by atoms with E-state index < -0.39 is 5.60 Å². The number of aryl methyl sites for hydroxylation is 1. The average molecular weight is 380 g/mol. The zero-order chi connectivity index (χ0) is 20.1. The van der Waals surface area contributed by atoms with Gasteiger partial charge in [0.2, 0.25) is 0 Å². The number of ether oxygens (including phenoxy) is 1. The van der Waals surface area contributed by atoms with Crippen molar-refractivity contribution in [2.24, 2.45) is 5.92 Å². The third kappa shape index (κ3) is 4.31. The fraction of sp³-hybridized carbons (Fsp3) is 0.440. The van der Waals surface area contributed by atoms with E-state index >= 15 is 0 Å². The van der Waals surface area contributed by atoms with Gasteiger partial charge in [-0.1, -0.05) is 48.9 Å². The van der Waals surface area contributed by atoms with Gasteiger partial charge in [0.05, 0.1) is 7.11 Å². The Labute approximate surface area is 169 Å². The van der Waals surface area contributed by atoms with E-state index in [-0.39, 0.29) is 5.92 Å². The van der Waals surface area contributed by atoms with Gasteiger partial charge in [0, 0.05) is 12.5 Å². The molecule has 150 valence electrons. The Morgan fingerprint density at radius 2 is 1.82 bits per heavy atom. The molecule has 0 saturated heterocycles. The fourth-order valence-electron chi connectivity index (χ4n) is 4.51. The zero-order valence-electron chi connectivity index (χ0n) is 17.6. The molecule has 2 unspecified atom stereocenters. The van der Waals surface area contributed by atoms with Crippen LogP contribution in [0.3, 0.4) is 0 Å². The second-order valence-electron chi connectivity index (χ2n) is 8.23. The van der Waals surface area contributed by atoms with Crippen LogP contribution in [0.1, 0.15) is 42.4 Å². The number of benzene rings is 2. The van der Waals surface area contributed by atoms with E-state index in [1.54, 1.807) is 7.11 Å². The van der Waals surface area contributed by atoms with Crippen molar-refractivity contribution >= 4 is 6.08 Å². The number of nitrogens with zero attached hydrogens (tertiary/aromatic N) is 1. The standard InChI is InChI=1S/C25H33NO2/c1-19-9-5-8-12-24(19)25(27)21(10-6-7-11-22(25)18-26(2)3)17-20-13-15-23(28-4)16-14-20/h5,8-9,12-17,22,27H,6-7,10-11,18H2,1-4H3/b21-17+. The van der Waals surface area contributed by atoms with Crippen LogP contribution in [-0.4, -0.2) is 37.8 Å². The van der Waals surface area contributed by atoms with Crippen LogP contribution in [0.15, 0.2) is 54.1 Å². The molecule has 3 rings (SSSR count). The fourth-order valence-corrected chi connectivity index (χ4v) is 4.51. The van der Waals surface area contributed by atoms with E-state index in [0.717, 1.165) is 60.2 Å². The van der Waals surface area contributed by atoms with E-state index in [9.17, 15) is 5.11 Å². The van der Waals surface area contributed by atoms with Gasteiger partial charge in [-0.2, -0.15) is 0 Å². The molecule has 2 aromatic rings. The predicted molar refractivity (Wildman–Crippen MR) is 117 cm³/mol. The number of hydrogen-bond donors (Lipinski definition) is 1. The average Bonchev–Trinajstić information content (AvgIpc) is 2.83.